The van der Waals surface area contributed by atoms with Crippen molar-refractivity contribution in [3.05, 3.63) is 28.8 Å². The van der Waals surface area contributed by atoms with Crippen molar-refractivity contribution in [3.8, 4) is 0 Å². The Morgan fingerprint density at radius 1 is 1.24 bits per heavy atom. The van der Waals surface area contributed by atoms with E-state index in [2.05, 4.69) is 5.32 Å². The molecule has 0 atom stereocenters. The maximum absolute atomic E-state index is 12.7. The molecule has 1 N–H and O–H groups in total. The van der Waals surface area contributed by atoms with Crippen LogP contribution in [0.4, 0.5) is 5.69 Å². The van der Waals surface area contributed by atoms with E-state index in [4.69, 9.17) is 16.3 Å². The fourth-order valence-electron chi connectivity index (χ4n) is 3.35. The number of amides is 2. The molecule has 0 aromatic heterocycles. The zero-order valence-electron chi connectivity index (χ0n) is 17.4. The van der Waals surface area contributed by atoms with Crippen LogP contribution in [0, 0.1) is 12.8 Å². The van der Waals surface area contributed by atoms with Crippen molar-refractivity contribution < 1.29 is 19.1 Å². The first kappa shape index (κ1) is 23.2. The number of carbonyl (C=O) groups is 3. The number of aryl methyl sites for hydroxylation is 1. The van der Waals surface area contributed by atoms with Crippen molar-refractivity contribution in [2.75, 3.05) is 44.6 Å². The number of likely N-dealkylation sites (tertiary alicyclic amines) is 1. The van der Waals surface area contributed by atoms with Gasteiger partial charge in [0.05, 0.1) is 25.6 Å². The second-order valence-electron chi connectivity index (χ2n) is 7.22. The minimum absolute atomic E-state index is 0.0133. The van der Waals surface area contributed by atoms with Gasteiger partial charge in [0, 0.05) is 17.3 Å². The molecule has 7 nitrogen and oxygen atoms in total. The molecule has 1 aliphatic heterocycles. The SMILES string of the molecule is CCOC(=O)C1CCN(CC(=O)N(CC)CC(=O)Nc2cc(Cl)ccc2C)CC1. The van der Waals surface area contributed by atoms with Crippen LogP contribution < -0.4 is 5.32 Å². The highest BCUT2D eigenvalue weighted by atomic mass is 35.5. The summed E-state index contributed by atoms with van der Waals surface area (Å²) in [4.78, 5) is 40.5. The average Bonchev–Trinajstić information content (AvgIpc) is 2.69. The zero-order valence-corrected chi connectivity index (χ0v) is 18.1. The van der Waals surface area contributed by atoms with Crippen LogP contribution in [-0.2, 0) is 19.1 Å². The molecule has 0 saturated carbocycles. The lowest BCUT2D eigenvalue weighted by atomic mass is 9.97. The molecule has 160 valence electrons. The third-order valence-corrected chi connectivity index (χ3v) is 5.34. The largest absolute Gasteiger partial charge is 0.466 e. The quantitative estimate of drug-likeness (QED) is 0.650. The lowest BCUT2D eigenvalue weighted by Gasteiger charge is -2.32. The molecule has 1 heterocycles. The summed E-state index contributed by atoms with van der Waals surface area (Å²) in [5.74, 6) is -0.594. The molecule has 2 rings (SSSR count). The van der Waals surface area contributed by atoms with E-state index in [1.165, 1.54) is 4.90 Å². The Bertz CT molecular complexity index is 733. The van der Waals surface area contributed by atoms with Gasteiger partial charge in [-0.05, 0) is 64.4 Å². The fraction of sp³-hybridized carbons (Fsp3) is 0.571. The summed E-state index contributed by atoms with van der Waals surface area (Å²) in [5, 5.41) is 3.36. The number of benzene rings is 1. The van der Waals surface area contributed by atoms with Crippen molar-refractivity contribution in [3.63, 3.8) is 0 Å². The van der Waals surface area contributed by atoms with E-state index >= 15 is 0 Å². The number of likely N-dealkylation sites (N-methyl/N-ethyl adjacent to an activating group) is 1. The highest BCUT2D eigenvalue weighted by Crippen LogP contribution is 2.20. The number of piperidine rings is 1. The fourth-order valence-corrected chi connectivity index (χ4v) is 3.52. The van der Waals surface area contributed by atoms with Gasteiger partial charge >= 0.3 is 5.97 Å². The van der Waals surface area contributed by atoms with Gasteiger partial charge in [0.1, 0.15) is 0 Å². The summed E-state index contributed by atoms with van der Waals surface area (Å²) < 4.78 is 5.08. The summed E-state index contributed by atoms with van der Waals surface area (Å²) in [6, 6.07) is 5.29. The van der Waals surface area contributed by atoms with Crippen LogP contribution in [0.2, 0.25) is 5.02 Å². The lowest BCUT2D eigenvalue weighted by Crippen LogP contribution is -2.46. The highest BCUT2D eigenvalue weighted by molar-refractivity contribution is 6.31. The van der Waals surface area contributed by atoms with Crippen LogP contribution in [0.5, 0.6) is 0 Å². The molecule has 1 aromatic rings. The van der Waals surface area contributed by atoms with Gasteiger partial charge in [0.25, 0.3) is 0 Å². The number of anilines is 1. The summed E-state index contributed by atoms with van der Waals surface area (Å²) in [6.45, 7) is 7.93. The van der Waals surface area contributed by atoms with E-state index in [0.717, 1.165) is 5.56 Å². The molecule has 29 heavy (non-hydrogen) atoms. The Kier molecular flexibility index (Phi) is 8.92. The van der Waals surface area contributed by atoms with Gasteiger partial charge < -0.3 is 15.0 Å². The number of hydrogen-bond acceptors (Lipinski definition) is 5. The molecule has 0 unspecified atom stereocenters. The summed E-state index contributed by atoms with van der Waals surface area (Å²) >= 11 is 5.99. The smallest absolute Gasteiger partial charge is 0.309 e. The standard InChI is InChI=1S/C21H30ClN3O4/c1-4-25(13-19(26)23-18-12-17(22)7-6-15(18)3)20(27)14-24-10-8-16(9-11-24)21(28)29-5-2/h6-7,12,16H,4-5,8-11,13-14H2,1-3H3,(H,23,26). The van der Waals surface area contributed by atoms with E-state index < -0.39 is 0 Å². The molecule has 2 amide bonds. The Labute approximate surface area is 177 Å². The molecule has 0 radical (unpaired) electrons. The Balaban J connectivity index is 1.83. The van der Waals surface area contributed by atoms with Crippen molar-refractivity contribution in [1.29, 1.82) is 0 Å². The van der Waals surface area contributed by atoms with Crippen molar-refractivity contribution in [1.82, 2.24) is 9.80 Å². The minimum atomic E-state index is -0.258. The van der Waals surface area contributed by atoms with Crippen LogP contribution in [-0.4, -0.2) is 66.9 Å². The third-order valence-electron chi connectivity index (χ3n) is 5.11. The third kappa shape index (κ3) is 7.01. The number of esters is 1. The molecule has 1 saturated heterocycles. The first-order chi connectivity index (χ1) is 13.8. The number of nitrogens with one attached hydrogen (secondary N) is 1. The molecule has 0 bridgehead atoms. The molecule has 8 heteroatoms. The van der Waals surface area contributed by atoms with Gasteiger partial charge in [-0.1, -0.05) is 17.7 Å². The van der Waals surface area contributed by atoms with Crippen molar-refractivity contribution in [2.45, 2.75) is 33.6 Å². The molecule has 0 spiro atoms. The van der Waals surface area contributed by atoms with Gasteiger partial charge in [-0.15, -0.1) is 0 Å². The highest BCUT2D eigenvalue weighted by Gasteiger charge is 2.28. The first-order valence-corrected chi connectivity index (χ1v) is 10.4. The van der Waals surface area contributed by atoms with Gasteiger partial charge in [0.15, 0.2) is 0 Å². The first-order valence-electron chi connectivity index (χ1n) is 10.1. The van der Waals surface area contributed by atoms with Crippen LogP contribution in [0.25, 0.3) is 0 Å². The minimum Gasteiger partial charge on any atom is -0.466 e. The molecule has 0 aliphatic carbocycles. The van der Waals surface area contributed by atoms with E-state index in [9.17, 15) is 14.4 Å². The van der Waals surface area contributed by atoms with Gasteiger partial charge in [-0.3, -0.25) is 19.3 Å². The van der Waals surface area contributed by atoms with Crippen LogP contribution >= 0.6 is 11.6 Å². The van der Waals surface area contributed by atoms with Gasteiger partial charge in [0.2, 0.25) is 11.8 Å². The number of ether oxygens (including phenoxy) is 1. The number of rotatable bonds is 8. The number of hydrogen-bond donors (Lipinski definition) is 1. The number of carbonyl (C=O) groups excluding carboxylic acids is 3. The van der Waals surface area contributed by atoms with Crippen molar-refractivity contribution >= 4 is 35.1 Å². The molecule has 1 aliphatic rings. The molecular weight excluding hydrogens is 394 g/mol. The maximum Gasteiger partial charge on any atom is 0.309 e. The summed E-state index contributed by atoms with van der Waals surface area (Å²) in [5.41, 5.74) is 1.55. The van der Waals surface area contributed by atoms with E-state index in [0.29, 0.717) is 49.8 Å². The number of halogens is 1. The predicted octanol–water partition coefficient (Wildman–Crippen LogP) is 2.71. The monoisotopic (exact) mass is 423 g/mol. The Hall–Kier alpha value is -2.12. The van der Waals surface area contributed by atoms with Gasteiger partial charge in [-0.25, -0.2) is 0 Å². The summed E-state index contributed by atoms with van der Waals surface area (Å²) in [7, 11) is 0. The normalized spacial score (nSPS) is 15.0. The van der Waals surface area contributed by atoms with E-state index in [1.54, 1.807) is 19.1 Å². The average molecular weight is 424 g/mol. The number of nitrogens with zero attached hydrogens (tertiary/aromatic N) is 2. The topological polar surface area (TPSA) is 79.0 Å². The summed E-state index contributed by atoms with van der Waals surface area (Å²) in [6.07, 6.45) is 1.37. The van der Waals surface area contributed by atoms with E-state index in [1.807, 2.05) is 24.8 Å². The second kappa shape index (κ2) is 11.2. The lowest BCUT2D eigenvalue weighted by molar-refractivity contribution is -0.149. The molecule has 1 aromatic carbocycles. The van der Waals surface area contributed by atoms with Crippen LogP contribution in [0.1, 0.15) is 32.3 Å². The molecular formula is C21H30ClN3O4. The Morgan fingerprint density at radius 3 is 2.55 bits per heavy atom. The Morgan fingerprint density at radius 2 is 1.93 bits per heavy atom. The zero-order chi connectivity index (χ0) is 21.4. The van der Waals surface area contributed by atoms with Crippen molar-refractivity contribution in [2.24, 2.45) is 5.92 Å². The van der Waals surface area contributed by atoms with Crippen LogP contribution in [0.3, 0.4) is 0 Å². The predicted molar refractivity (Wildman–Crippen MR) is 113 cm³/mol. The maximum atomic E-state index is 12.7. The van der Waals surface area contributed by atoms with Crippen LogP contribution in [0.15, 0.2) is 18.2 Å². The van der Waals surface area contributed by atoms with Gasteiger partial charge in [-0.2, -0.15) is 0 Å². The van der Waals surface area contributed by atoms with E-state index in [-0.39, 0.29) is 36.8 Å². The molecule has 1 fully saturated rings. The second-order valence-corrected chi connectivity index (χ2v) is 7.65.